The molecule has 0 saturated carbocycles. The molecule has 2 rings (SSSR count). The topological polar surface area (TPSA) is 61.4 Å². The third-order valence-corrected chi connectivity index (χ3v) is 4.46. The second-order valence-corrected chi connectivity index (χ2v) is 7.47. The maximum absolute atomic E-state index is 12.2. The molecule has 2 N–H and O–H groups in total. The predicted octanol–water partition coefficient (Wildman–Crippen LogP) is 1.92. The molecule has 0 unspecified atom stereocenters. The van der Waals surface area contributed by atoms with E-state index in [-0.39, 0.29) is 23.3 Å². The largest absolute Gasteiger partial charge is 0.352 e. The Labute approximate surface area is 144 Å². The average Bonchev–Trinajstić information content (AvgIpc) is 2.54. The van der Waals surface area contributed by atoms with Gasteiger partial charge in [-0.1, -0.05) is 32.9 Å². The molecule has 0 aromatic heterocycles. The highest BCUT2D eigenvalue weighted by atomic mass is 16.2. The highest BCUT2D eigenvalue weighted by Gasteiger charge is 2.22. The molecule has 1 aromatic carbocycles. The quantitative estimate of drug-likeness (QED) is 0.886. The van der Waals surface area contributed by atoms with E-state index in [2.05, 4.69) is 31.4 Å². The molecule has 132 valence electrons. The third-order valence-electron chi connectivity index (χ3n) is 4.46. The molecule has 0 radical (unpaired) electrons. The van der Waals surface area contributed by atoms with E-state index < -0.39 is 0 Å². The van der Waals surface area contributed by atoms with Gasteiger partial charge in [0.1, 0.15) is 0 Å². The zero-order valence-electron chi connectivity index (χ0n) is 15.2. The summed E-state index contributed by atoms with van der Waals surface area (Å²) >= 11 is 0. The molecule has 5 heteroatoms. The van der Waals surface area contributed by atoms with Crippen molar-refractivity contribution in [1.82, 2.24) is 15.5 Å². The van der Waals surface area contributed by atoms with Gasteiger partial charge >= 0.3 is 0 Å². The lowest BCUT2D eigenvalue weighted by atomic mass is 9.87. The Hall–Kier alpha value is -1.88. The van der Waals surface area contributed by atoms with Gasteiger partial charge in [0.25, 0.3) is 5.91 Å². The van der Waals surface area contributed by atoms with Gasteiger partial charge < -0.3 is 15.5 Å². The van der Waals surface area contributed by atoms with Crippen LogP contribution >= 0.6 is 0 Å². The number of carbonyl (C=O) groups is 2. The number of hydrogen-bond donors (Lipinski definition) is 2. The average molecular weight is 331 g/mol. The maximum Gasteiger partial charge on any atom is 0.251 e. The van der Waals surface area contributed by atoms with E-state index in [1.54, 1.807) is 0 Å². The van der Waals surface area contributed by atoms with Crippen LogP contribution < -0.4 is 10.6 Å². The third kappa shape index (κ3) is 4.81. The van der Waals surface area contributed by atoms with Crippen LogP contribution in [0.2, 0.25) is 0 Å². The number of piperazine rings is 1. The lowest BCUT2D eigenvalue weighted by molar-refractivity contribution is -0.133. The number of nitrogens with zero attached hydrogens (tertiary/aromatic N) is 1. The van der Waals surface area contributed by atoms with Crippen LogP contribution in [-0.2, 0) is 10.2 Å². The second kappa shape index (κ2) is 7.79. The van der Waals surface area contributed by atoms with E-state index in [4.69, 9.17) is 0 Å². The van der Waals surface area contributed by atoms with Crippen LogP contribution in [0, 0.1) is 0 Å². The van der Waals surface area contributed by atoms with Gasteiger partial charge in [0, 0.05) is 44.2 Å². The van der Waals surface area contributed by atoms with E-state index >= 15 is 0 Å². The van der Waals surface area contributed by atoms with Crippen molar-refractivity contribution in [3.05, 3.63) is 35.4 Å². The molecule has 1 heterocycles. The molecule has 0 aliphatic carbocycles. The summed E-state index contributed by atoms with van der Waals surface area (Å²) in [4.78, 5) is 26.3. The molecule has 1 atom stereocenters. The number of amides is 2. The Morgan fingerprint density at radius 3 is 2.50 bits per heavy atom. The van der Waals surface area contributed by atoms with Gasteiger partial charge in [-0.05, 0) is 30.0 Å². The molecule has 5 nitrogen and oxygen atoms in total. The minimum atomic E-state index is -0.128. The number of rotatable bonds is 4. The fourth-order valence-corrected chi connectivity index (χ4v) is 2.86. The molecule has 1 aliphatic rings. The normalized spacial score (nSPS) is 18.3. The zero-order valence-corrected chi connectivity index (χ0v) is 15.2. The summed E-state index contributed by atoms with van der Waals surface area (Å²) in [6, 6.07) is 7.88. The molecule has 1 aromatic rings. The molecular formula is C19H29N3O2. The minimum absolute atomic E-state index is 0.0709. The van der Waals surface area contributed by atoms with Gasteiger partial charge in [-0.25, -0.2) is 0 Å². The first-order valence-corrected chi connectivity index (χ1v) is 8.68. The van der Waals surface area contributed by atoms with Crippen molar-refractivity contribution in [3.8, 4) is 0 Å². The molecule has 2 amide bonds. The first-order chi connectivity index (χ1) is 11.3. The summed E-state index contributed by atoms with van der Waals surface area (Å²) in [6.07, 6.45) is 0.343. The van der Waals surface area contributed by atoms with Crippen molar-refractivity contribution < 1.29 is 9.59 Å². The van der Waals surface area contributed by atoms with Gasteiger partial charge in [0.15, 0.2) is 0 Å². The number of nitrogens with one attached hydrogen (secondary N) is 2. The van der Waals surface area contributed by atoms with Crippen molar-refractivity contribution in [2.24, 2.45) is 0 Å². The van der Waals surface area contributed by atoms with Crippen LogP contribution in [0.5, 0.6) is 0 Å². The van der Waals surface area contributed by atoms with Crippen LogP contribution in [0.4, 0.5) is 0 Å². The summed E-state index contributed by atoms with van der Waals surface area (Å²) in [5.41, 5.74) is 1.90. The summed E-state index contributed by atoms with van der Waals surface area (Å²) < 4.78 is 0. The summed E-state index contributed by atoms with van der Waals surface area (Å²) in [5.74, 6) is -0.0241. The zero-order chi connectivity index (χ0) is 17.7. The smallest absolute Gasteiger partial charge is 0.251 e. The number of carbonyl (C=O) groups excluding carboxylic acids is 2. The van der Waals surface area contributed by atoms with E-state index in [0.29, 0.717) is 18.5 Å². The number of hydrogen-bond acceptors (Lipinski definition) is 3. The SMILES string of the molecule is C[C@@H]1CNCCN1C(=O)CCNC(=O)c1ccc(C(C)(C)C)cc1. The molecule has 24 heavy (non-hydrogen) atoms. The molecule has 0 bridgehead atoms. The van der Waals surface area contributed by atoms with Crippen molar-refractivity contribution in [3.63, 3.8) is 0 Å². The molecular weight excluding hydrogens is 302 g/mol. The van der Waals surface area contributed by atoms with Gasteiger partial charge in [-0.3, -0.25) is 9.59 Å². The Kier molecular flexibility index (Phi) is 5.99. The first kappa shape index (κ1) is 18.5. The minimum Gasteiger partial charge on any atom is -0.352 e. The van der Waals surface area contributed by atoms with Crippen LogP contribution in [0.3, 0.4) is 0 Å². The Morgan fingerprint density at radius 2 is 1.92 bits per heavy atom. The monoisotopic (exact) mass is 331 g/mol. The van der Waals surface area contributed by atoms with Gasteiger partial charge in [0.05, 0.1) is 0 Å². The fraction of sp³-hybridized carbons (Fsp3) is 0.579. The fourth-order valence-electron chi connectivity index (χ4n) is 2.86. The lowest BCUT2D eigenvalue weighted by Crippen LogP contribution is -2.52. The van der Waals surface area contributed by atoms with Crippen LogP contribution in [0.15, 0.2) is 24.3 Å². The molecule has 0 spiro atoms. The Balaban J connectivity index is 1.81. The summed E-state index contributed by atoms with van der Waals surface area (Å²) in [6.45, 7) is 11.2. The van der Waals surface area contributed by atoms with Crippen molar-refractivity contribution in [1.29, 1.82) is 0 Å². The van der Waals surface area contributed by atoms with Gasteiger partial charge in [0.2, 0.25) is 5.91 Å². The Bertz CT molecular complexity index is 575. The number of benzene rings is 1. The molecule has 1 saturated heterocycles. The van der Waals surface area contributed by atoms with Gasteiger partial charge in [-0.15, -0.1) is 0 Å². The van der Waals surface area contributed by atoms with E-state index in [1.165, 1.54) is 5.56 Å². The first-order valence-electron chi connectivity index (χ1n) is 8.68. The van der Waals surface area contributed by atoms with Crippen molar-refractivity contribution >= 4 is 11.8 Å². The van der Waals surface area contributed by atoms with Crippen LogP contribution in [0.25, 0.3) is 0 Å². The van der Waals surface area contributed by atoms with E-state index in [9.17, 15) is 9.59 Å². The highest BCUT2D eigenvalue weighted by Crippen LogP contribution is 2.22. The summed E-state index contributed by atoms with van der Waals surface area (Å²) in [5, 5.41) is 6.11. The van der Waals surface area contributed by atoms with Crippen LogP contribution in [0.1, 0.15) is 50.0 Å². The second-order valence-electron chi connectivity index (χ2n) is 7.47. The maximum atomic E-state index is 12.2. The van der Waals surface area contributed by atoms with Gasteiger partial charge in [-0.2, -0.15) is 0 Å². The van der Waals surface area contributed by atoms with Crippen molar-refractivity contribution in [2.45, 2.75) is 45.6 Å². The predicted molar refractivity (Wildman–Crippen MR) is 96.1 cm³/mol. The van der Waals surface area contributed by atoms with Crippen LogP contribution in [-0.4, -0.2) is 48.9 Å². The summed E-state index contributed by atoms with van der Waals surface area (Å²) in [7, 11) is 0. The Morgan fingerprint density at radius 1 is 1.25 bits per heavy atom. The molecule has 1 aliphatic heterocycles. The standard InChI is InChI=1S/C19H29N3O2/c1-14-13-20-11-12-22(14)17(23)9-10-21-18(24)15-5-7-16(8-6-15)19(2,3)4/h5-8,14,20H,9-13H2,1-4H3,(H,21,24)/t14-/m1/s1. The highest BCUT2D eigenvalue weighted by molar-refractivity contribution is 5.94. The van der Waals surface area contributed by atoms with Crippen molar-refractivity contribution in [2.75, 3.05) is 26.2 Å². The van der Waals surface area contributed by atoms with E-state index in [0.717, 1.165) is 19.6 Å². The molecule has 1 fully saturated rings. The van der Waals surface area contributed by atoms with E-state index in [1.807, 2.05) is 36.1 Å². The lowest BCUT2D eigenvalue weighted by Gasteiger charge is -2.34.